The Labute approximate surface area is 114 Å². The average Bonchev–Trinajstić information content (AvgIpc) is 2.33. The third-order valence-electron chi connectivity index (χ3n) is 2.98. The van der Waals surface area contributed by atoms with Crippen LogP contribution in [0.2, 0.25) is 5.02 Å². The Balaban J connectivity index is 2.13. The maximum Gasteiger partial charge on any atom is 0.282 e. The predicted molar refractivity (Wildman–Crippen MR) is 69.4 cm³/mol. The Morgan fingerprint density at radius 2 is 2.26 bits per heavy atom. The lowest BCUT2D eigenvalue weighted by molar-refractivity contribution is -0.385. The molecule has 19 heavy (non-hydrogen) atoms. The summed E-state index contributed by atoms with van der Waals surface area (Å²) in [5.74, 6) is -0.498. The standard InChI is InChI=1S/C12H13ClN2O4/c1-12(6-19-7-12)5-14-11(16)9-4-8(13)2-3-10(9)15(17)18/h2-4H,5-7H2,1H3,(H,14,16). The second-order valence-corrected chi connectivity index (χ2v) is 5.34. The second kappa shape index (κ2) is 5.14. The van der Waals surface area contributed by atoms with Gasteiger partial charge in [-0.15, -0.1) is 0 Å². The number of ether oxygens (including phenoxy) is 1. The molecule has 0 atom stereocenters. The molecule has 1 saturated heterocycles. The molecule has 1 N–H and O–H groups in total. The molecule has 7 heteroatoms. The van der Waals surface area contributed by atoms with Crippen molar-refractivity contribution in [2.24, 2.45) is 5.41 Å². The average molecular weight is 285 g/mol. The first-order chi connectivity index (χ1) is 8.91. The van der Waals surface area contributed by atoms with E-state index in [9.17, 15) is 14.9 Å². The maximum absolute atomic E-state index is 12.0. The minimum absolute atomic E-state index is 0.0265. The van der Waals surface area contributed by atoms with Crippen LogP contribution in [-0.2, 0) is 4.74 Å². The molecule has 0 bridgehead atoms. The third-order valence-corrected chi connectivity index (χ3v) is 3.21. The molecular formula is C12H13ClN2O4. The Hall–Kier alpha value is -1.66. The molecule has 0 saturated carbocycles. The van der Waals surface area contributed by atoms with Gasteiger partial charge in [-0.2, -0.15) is 0 Å². The van der Waals surface area contributed by atoms with Gasteiger partial charge in [0.1, 0.15) is 5.56 Å². The fourth-order valence-corrected chi connectivity index (χ4v) is 1.96. The SMILES string of the molecule is CC1(CNC(=O)c2cc(Cl)ccc2[N+](=O)[O-])COC1. The highest BCUT2D eigenvalue weighted by molar-refractivity contribution is 6.31. The number of nitro benzene ring substituents is 1. The van der Waals surface area contributed by atoms with E-state index >= 15 is 0 Å². The van der Waals surface area contributed by atoms with Gasteiger partial charge in [-0.05, 0) is 12.1 Å². The number of amides is 1. The van der Waals surface area contributed by atoms with E-state index in [0.717, 1.165) is 0 Å². The van der Waals surface area contributed by atoms with Crippen molar-refractivity contribution in [2.75, 3.05) is 19.8 Å². The van der Waals surface area contributed by atoms with Gasteiger partial charge in [0.2, 0.25) is 0 Å². The van der Waals surface area contributed by atoms with E-state index in [4.69, 9.17) is 16.3 Å². The number of rotatable bonds is 4. The van der Waals surface area contributed by atoms with Crippen molar-refractivity contribution in [3.63, 3.8) is 0 Å². The van der Waals surface area contributed by atoms with Crippen molar-refractivity contribution in [2.45, 2.75) is 6.92 Å². The van der Waals surface area contributed by atoms with E-state index in [1.165, 1.54) is 18.2 Å². The molecule has 1 aromatic carbocycles. The van der Waals surface area contributed by atoms with Crippen molar-refractivity contribution in [3.8, 4) is 0 Å². The number of hydrogen-bond acceptors (Lipinski definition) is 4. The van der Waals surface area contributed by atoms with Gasteiger partial charge >= 0.3 is 0 Å². The first kappa shape index (κ1) is 13.8. The van der Waals surface area contributed by atoms with Crippen molar-refractivity contribution in [1.29, 1.82) is 0 Å². The Morgan fingerprint density at radius 3 is 2.79 bits per heavy atom. The summed E-state index contributed by atoms with van der Waals surface area (Å²) in [6.45, 7) is 3.54. The summed E-state index contributed by atoms with van der Waals surface area (Å²) in [5.41, 5.74) is -0.374. The zero-order valence-corrected chi connectivity index (χ0v) is 11.1. The summed E-state index contributed by atoms with van der Waals surface area (Å²) in [4.78, 5) is 22.3. The minimum atomic E-state index is -0.598. The zero-order valence-electron chi connectivity index (χ0n) is 10.3. The summed E-state index contributed by atoms with van der Waals surface area (Å²) < 4.78 is 5.08. The second-order valence-electron chi connectivity index (χ2n) is 4.90. The summed E-state index contributed by atoms with van der Waals surface area (Å²) in [7, 11) is 0. The molecule has 1 aliphatic heterocycles. The van der Waals surface area contributed by atoms with Gasteiger partial charge in [0, 0.05) is 23.0 Å². The van der Waals surface area contributed by atoms with Gasteiger partial charge in [-0.25, -0.2) is 0 Å². The Kier molecular flexibility index (Phi) is 3.73. The summed E-state index contributed by atoms with van der Waals surface area (Å²) in [6, 6.07) is 3.91. The van der Waals surface area contributed by atoms with Gasteiger partial charge in [0.15, 0.2) is 0 Å². The number of hydrogen-bond donors (Lipinski definition) is 1. The fraction of sp³-hybridized carbons (Fsp3) is 0.417. The highest BCUT2D eigenvalue weighted by Gasteiger charge is 2.34. The van der Waals surface area contributed by atoms with Crippen LogP contribution < -0.4 is 5.32 Å². The molecule has 6 nitrogen and oxygen atoms in total. The number of nitrogens with zero attached hydrogens (tertiary/aromatic N) is 1. The lowest BCUT2D eigenvalue weighted by Gasteiger charge is -2.37. The number of halogens is 1. The molecule has 0 spiro atoms. The van der Waals surface area contributed by atoms with Gasteiger partial charge in [0.05, 0.1) is 18.1 Å². The molecule has 2 rings (SSSR count). The van der Waals surface area contributed by atoms with E-state index in [1.54, 1.807) is 0 Å². The van der Waals surface area contributed by atoms with Gasteiger partial charge in [0.25, 0.3) is 11.6 Å². The van der Waals surface area contributed by atoms with Crippen LogP contribution in [0, 0.1) is 15.5 Å². The lowest BCUT2D eigenvalue weighted by atomic mass is 9.88. The van der Waals surface area contributed by atoms with Gasteiger partial charge < -0.3 is 10.1 Å². The summed E-state index contributed by atoms with van der Waals surface area (Å²) in [6.07, 6.45) is 0. The number of benzene rings is 1. The van der Waals surface area contributed by atoms with Crippen molar-refractivity contribution >= 4 is 23.2 Å². The highest BCUT2D eigenvalue weighted by atomic mass is 35.5. The zero-order chi connectivity index (χ0) is 14.0. The monoisotopic (exact) mass is 284 g/mol. The van der Waals surface area contributed by atoms with Crippen LogP contribution >= 0.6 is 11.6 Å². The molecule has 1 fully saturated rings. The van der Waals surface area contributed by atoms with Crippen LogP contribution in [0.5, 0.6) is 0 Å². The first-order valence-electron chi connectivity index (χ1n) is 5.71. The highest BCUT2D eigenvalue weighted by Crippen LogP contribution is 2.26. The molecule has 102 valence electrons. The van der Waals surface area contributed by atoms with Crippen molar-refractivity contribution in [1.82, 2.24) is 5.32 Å². The first-order valence-corrected chi connectivity index (χ1v) is 6.09. The van der Waals surface area contributed by atoms with Crippen LogP contribution in [0.15, 0.2) is 18.2 Å². The fourth-order valence-electron chi connectivity index (χ4n) is 1.79. The normalized spacial score (nSPS) is 16.5. The third kappa shape index (κ3) is 3.02. The molecule has 0 unspecified atom stereocenters. The van der Waals surface area contributed by atoms with Crippen molar-refractivity contribution in [3.05, 3.63) is 38.9 Å². The Morgan fingerprint density at radius 1 is 1.58 bits per heavy atom. The van der Waals surface area contributed by atoms with Crippen LogP contribution in [0.4, 0.5) is 5.69 Å². The number of carbonyl (C=O) groups excluding carboxylic acids is 1. The van der Waals surface area contributed by atoms with E-state index in [1.807, 2.05) is 6.92 Å². The van der Waals surface area contributed by atoms with E-state index < -0.39 is 10.8 Å². The molecule has 1 aromatic rings. The number of nitrogens with one attached hydrogen (secondary N) is 1. The van der Waals surface area contributed by atoms with Crippen LogP contribution in [-0.4, -0.2) is 30.6 Å². The van der Waals surface area contributed by atoms with E-state index in [0.29, 0.717) is 19.8 Å². The topological polar surface area (TPSA) is 81.5 Å². The maximum atomic E-state index is 12.0. The quantitative estimate of drug-likeness (QED) is 0.677. The predicted octanol–water partition coefficient (Wildman–Crippen LogP) is 2.01. The van der Waals surface area contributed by atoms with Crippen LogP contribution in [0.1, 0.15) is 17.3 Å². The van der Waals surface area contributed by atoms with E-state index in [-0.39, 0.29) is 21.7 Å². The molecule has 1 aliphatic rings. The van der Waals surface area contributed by atoms with Gasteiger partial charge in [-0.3, -0.25) is 14.9 Å². The molecule has 0 radical (unpaired) electrons. The van der Waals surface area contributed by atoms with E-state index in [2.05, 4.69) is 5.32 Å². The number of nitro groups is 1. The largest absolute Gasteiger partial charge is 0.380 e. The summed E-state index contributed by atoms with van der Waals surface area (Å²) in [5, 5.41) is 13.8. The number of carbonyl (C=O) groups is 1. The molecule has 0 aromatic heterocycles. The van der Waals surface area contributed by atoms with Crippen LogP contribution in [0.25, 0.3) is 0 Å². The summed E-state index contributed by atoms with van der Waals surface area (Å²) >= 11 is 5.77. The molecular weight excluding hydrogens is 272 g/mol. The molecule has 0 aliphatic carbocycles. The Bertz CT molecular complexity index is 528. The molecule has 1 amide bonds. The van der Waals surface area contributed by atoms with Crippen LogP contribution in [0.3, 0.4) is 0 Å². The van der Waals surface area contributed by atoms with Gasteiger partial charge in [-0.1, -0.05) is 18.5 Å². The lowest BCUT2D eigenvalue weighted by Crippen LogP contribution is -2.48. The van der Waals surface area contributed by atoms with Crippen molar-refractivity contribution < 1.29 is 14.5 Å². The minimum Gasteiger partial charge on any atom is -0.380 e. The molecule has 1 heterocycles. The smallest absolute Gasteiger partial charge is 0.282 e.